The van der Waals surface area contributed by atoms with Crippen molar-refractivity contribution in [2.45, 2.75) is 52.1 Å². The summed E-state index contributed by atoms with van der Waals surface area (Å²) < 4.78 is 0. The van der Waals surface area contributed by atoms with E-state index in [0.717, 1.165) is 19.0 Å². The SMILES string of the molecule is CN=C(NCCNC(C)(C)C)NC(C)c1cccc(N2CCCC2)c1.I. The zero-order chi connectivity index (χ0) is 18.3. The smallest absolute Gasteiger partial charge is 0.191 e. The number of guanidine groups is 1. The predicted molar refractivity (Wildman–Crippen MR) is 124 cm³/mol. The van der Waals surface area contributed by atoms with Crippen LogP contribution in [0.15, 0.2) is 29.3 Å². The van der Waals surface area contributed by atoms with Gasteiger partial charge in [0, 0.05) is 44.5 Å². The lowest BCUT2D eigenvalue weighted by atomic mass is 10.1. The second-order valence-electron chi connectivity index (χ2n) is 7.83. The van der Waals surface area contributed by atoms with Crippen molar-refractivity contribution in [3.8, 4) is 0 Å². The first-order chi connectivity index (χ1) is 11.9. The summed E-state index contributed by atoms with van der Waals surface area (Å²) in [6.45, 7) is 12.8. The number of nitrogens with zero attached hydrogens (tertiary/aromatic N) is 2. The maximum Gasteiger partial charge on any atom is 0.191 e. The maximum atomic E-state index is 4.34. The molecule has 0 radical (unpaired) electrons. The standard InChI is InChI=1S/C20H35N5.HI/c1-16(24-19(21-5)22-11-12-23-20(2,3)4)17-9-8-10-18(15-17)25-13-6-7-14-25;/h8-10,15-16,23H,6-7,11-14H2,1-5H3,(H2,21,22,24);1H. The second kappa shape index (κ2) is 11.0. The fourth-order valence-electron chi connectivity index (χ4n) is 3.07. The first-order valence-corrected chi connectivity index (χ1v) is 9.46. The molecule has 148 valence electrons. The number of anilines is 1. The van der Waals surface area contributed by atoms with Crippen molar-refractivity contribution in [2.24, 2.45) is 4.99 Å². The summed E-state index contributed by atoms with van der Waals surface area (Å²) in [5, 5.41) is 10.3. The number of aliphatic imine (C=N–C) groups is 1. The van der Waals surface area contributed by atoms with Crippen molar-refractivity contribution >= 4 is 35.6 Å². The van der Waals surface area contributed by atoms with Gasteiger partial charge in [-0.1, -0.05) is 12.1 Å². The first kappa shape index (κ1) is 23.0. The van der Waals surface area contributed by atoms with Crippen LogP contribution >= 0.6 is 24.0 Å². The highest BCUT2D eigenvalue weighted by molar-refractivity contribution is 14.0. The van der Waals surface area contributed by atoms with Gasteiger partial charge in [0.2, 0.25) is 0 Å². The van der Waals surface area contributed by atoms with E-state index in [4.69, 9.17) is 0 Å². The van der Waals surface area contributed by atoms with Crippen molar-refractivity contribution in [1.82, 2.24) is 16.0 Å². The Morgan fingerprint density at radius 3 is 2.50 bits per heavy atom. The summed E-state index contributed by atoms with van der Waals surface area (Å²) >= 11 is 0. The molecule has 0 aliphatic carbocycles. The molecule has 1 aromatic carbocycles. The van der Waals surface area contributed by atoms with Gasteiger partial charge in [0.1, 0.15) is 0 Å². The normalized spacial score (nSPS) is 16.2. The van der Waals surface area contributed by atoms with Crippen molar-refractivity contribution < 1.29 is 0 Å². The van der Waals surface area contributed by atoms with E-state index in [1.807, 2.05) is 7.05 Å². The van der Waals surface area contributed by atoms with Crippen LogP contribution in [0.4, 0.5) is 5.69 Å². The topological polar surface area (TPSA) is 51.7 Å². The molecule has 0 spiro atoms. The van der Waals surface area contributed by atoms with Crippen LogP contribution in [0.5, 0.6) is 0 Å². The van der Waals surface area contributed by atoms with E-state index in [1.165, 1.54) is 37.2 Å². The zero-order valence-electron chi connectivity index (χ0n) is 16.9. The number of rotatable bonds is 6. The van der Waals surface area contributed by atoms with E-state index in [0.29, 0.717) is 0 Å². The quantitative estimate of drug-likeness (QED) is 0.256. The third-order valence-corrected chi connectivity index (χ3v) is 4.49. The Labute approximate surface area is 176 Å². The first-order valence-electron chi connectivity index (χ1n) is 9.46. The molecular formula is C20H36IN5. The van der Waals surface area contributed by atoms with Gasteiger partial charge in [0.05, 0.1) is 6.04 Å². The fourth-order valence-corrected chi connectivity index (χ4v) is 3.07. The van der Waals surface area contributed by atoms with E-state index in [2.05, 4.69) is 77.8 Å². The zero-order valence-corrected chi connectivity index (χ0v) is 19.3. The van der Waals surface area contributed by atoms with Crippen molar-refractivity contribution in [2.75, 3.05) is 38.1 Å². The lowest BCUT2D eigenvalue weighted by Crippen LogP contribution is -2.45. The minimum atomic E-state index is 0. The van der Waals surface area contributed by atoms with Gasteiger partial charge in [0.25, 0.3) is 0 Å². The molecule has 1 aromatic rings. The van der Waals surface area contributed by atoms with Crippen LogP contribution in [0.25, 0.3) is 0 Å². The maximum absolute atomic E-state index is 4.34. The van der Waals surface area contributed by atoms with Crippen molar-refractivity contribution in [3.05, 3.63) is 29.8 Å². The lowest BCUT2D eigenvalue weighted by Gasteiger charge is -2.23. The Morgan fingerprint density at radius 1 is 1.19 bits per heavy atom. The molecule has 1 fully saturated rings. The van der Waals surface area contributed by atoms with Crippen LogP contribution in [0.3, 0.4) is 0 Å². The molecule has 0 aromatic heterocycles. The fraction of sp³-hybridized carbons (Fsp3) is 0.650. The van der Waals surface area contributed by atoms with Crippen LogP contribution in [-0.2, 0) is 0 Å². The molecule has 0 saturated carbocycles. The molecule has 1 heterocycles. The molecule has 26 heavy (non-hydrogen) atoms. The third-order valence-electron chi connectivity index (χ3n) is 4.49. The van der Waals surface area contributed by atoms with E-state index < -0.39 is 0 Å². The van der Waals surface area contributed by atoms with Crippen LogP contribution in [0, 0.1) is 0 Å². The van der Waals surface area contributed by atoms with Crippen molar-refractivity contribution in [3.63, 3.8) is 0 Å². The molecule has 6 heteroatoms. The highest BCUT2D eigenvalue weighted by Gasteiger charge is 2.14. The lowest BCUT2D eigenvalue weighted by molar-refractivity contribution is 0.428. The van der Waals surface area contributed by atoms with Gasteiger partial charge < -0.3 is 20.9 Å². The predicted octanol–water partition coefficient (Wildman–Crippen LogP) is 3.52. The van der Waals surface area contributed by atoms with Crippen LogP contribution in [0.1, 0.15) is 52.1 Å². The van der Waals surface area contributed by atoms with Gasteiger partial charge in [-0.25, -0.2) is 0 Å². The van der Waals surface area contributed by atoms with E-state index in [-0.39, 0.29) is 35.6 Å². The summed E-state index contributed by atoms with van der Waals surface area (Å²) in [5.74, 6) is 0.842. The molecule has 5 nitrogen and oxygen atoms in total. The Kier molecular flexibility index (Phi) is 9.71. The van der Waals surface area contributed by atoms with Gasteiger partial charge in [-0.2, -0.15) is 0 Å². The Bertz CT molecular complexity index is 562. The summed E-state index contributed by atoms with van der Waals surface area (Å²) in [4.78, 5) is 6.82. The Hall–Kier alpha value is -1.02. The molecule has 0 amide bonds. The van der Waals surface area contributed by atoms with Gasteiger partial charge >= 0.3 is 0 Å². The summed E-state index contributed by atoms with van der Waals surface area (Å²) in [7, 11) is 1.82. The molecule has 1 atom stereocenters. The molecule has 2 rings (SSSR count). The molecule has 1 saturated heterocycles. The second-order valence-corrected chi connectivity index (χ2v) is 7.83. The van der Waals surface area contributed by atoms with Gasteiger partial charge in [-0.3, -0.25) is 4.99 Å². The summed E-state index contributed by atoms with van der Waals surface area (Å²) in [6, 6.07) is 9.07. The average Bonchev–Trinajstić information content (AvgIpc) is 3.11. The molecular weight excluding hydrogens is 437 g/mol. The van der Waals surface area contributed by atoms with Crippen LogP contribution in [0.2, 0.25) is 0 Å². The summed E-state index contributed by atoms with van der Waals surface area (Å²) in [5.41, 5.74) is 2.77. The van der Waals surface area contributed by atoms with E-state index >= 15 is 0 Å². The van der Waals surface area contributed by atoms with Crippen LogP contribution < -0.4 is 20.9 Å². The average molecular weight is 473 g/mol. The number of benzene rings is 1. The highest BCUT2D eigenvalue weighted by Crippen LogP contribution is 2.23. The molecule has 1 unspecified atom stereocenters. The monoisotopic (exact) mass is 473 g/mol. The van der Waals surface area contributed by atoms with Crippen LogP contribution in [-0.4, -0.2) is 44.7 Å². The Balaban J connectivity index is 0.00000338. The van der Waals surface area contributed by atoms with E-state index in [9.17, 15) is 0 Å². The van der Waals surface area contributed by atoms with E-state index in [1.54, 1.807) is 0 Å². The third kappa shape index (κ3) is 7.70. The largest absolute Gasteiger partial charge is 0.372 e. The van der Waals surface area contributed by atoms with Gasteiger partial charge in [-0.05, 0) is 58.2 Å². The van der Waals surface area contributed by atoms with Gasteiger partial charge in [0.15, 0.2) is 5.96 Å². The Morgan fingerprint density at radius 2 is 1.88 bits per heavy atom. The number of hydrogen-bond acceptors (Lipinski definition) is 3. The molecule has 0 bridgehead atoms. The number of nitrogens with one attached hydrogen (secondary N) is 3. The highest BCUT2D eigenvalue weighted by atomic mass is 127. The summed E-state index contributed by atoms with van der Waals surface area (Å²) in [6.07, 6.45) is 2.61. The molecule has 1 aliphatic heterocycles. The number of hydrogen-bond donors (Lipinski definition) is 3. The van der Waals surface area contributed by atoms with Crippen molar-refractivity contribution in [1.29, 1.82) is 0 Å². The molecule has 3 N–H and O–H groups in total. The minimum absolute atomic E-state index is 0. The molecule has 1 aliphatic rings. The van der Waals surface area contributed by atoms with Gasteiger partial charge in [-0.15, -0.1) is 24.0 Å². The minimum Gasteiger partial charge on any atom is -0.372 e. The number of halogens is 1.